The van der Waals surface area contributed by atoms with Gasteiger partial charge in [0.25, 0.3) is 5.91 Å². The van der Waals surface area contributed by atoms with E-state index in [-0.39, 0.29) is 23.5 Å². The Labute approximate surface area is 129 Å². The number of hydrogen-bond donors (Lipinski definition) is 1. The highest BCUT2D eigenvalue weighted by molar-refractivity contribution is 7.91. The number of nitrogens with one attached hydrogen (secondary N) is 1. The van der Waals surface area contributed by atoms with E-state index >= 15 is 0 Å². The third-order valence-corrected chi connectivity index (χ3v) is 5.75. The van der Waals surface area contributed by atoms with Gasteiger partial charge in [0.2, 0.25) is 0 Å². The highest BCUT2D eigenvalue weighted by Crippen LogP contribution is 2.22. The van der Waals surface area contributed by atoms with Crippen molar-refractivity contribution in [2.75, 3.05) is 18.1 Å². The zero-order chi connectivity index (χ0) is 15.7. The second kappa shape index (κ2) is 5.61. The monoisotopic (exact) mass is 318 g/mol. The first-order valence-electron chi connectivity index (χ1n) is 7.20. The summed E-state index contributed by atoms with van der Waals surface area (Å²) in [4.78, 5) is 17.5. The predicted octanol–water partition coefficient (Wildman–Crippen LogP) is 1.98. The van der Waals surface area contributed by atoms with E-state index in [0.29, 0.717) is 18.7 Å². The van der Waals surface area contributed by atoms with Crippen LogP contribution in [0, 0.1) is 0 Å². The molecule has 1 amide bonds. The Morgan fingerprint density at radius 1 is 1.41 bits per heavy atom. The van der Waals surface area contributed by atoms with Crippen molar-refractivity contribution >= 4 is 26.6 Å². The Morgan fingerprint density at radius 3 is 2.82 bits per heavy atom. The van der Waals surface area contributed by atoms with Gasteiger partial charge in [-0.3, -0.25) is 4.79 Å². The van der Waals surface area contributed by atoms with E-state index in [1.807, 2.05) is 24.3 Å². The van der Waals surface area contributed by atoms with Crippen LogP contribution in [0.15, 0.2) is 43.0 Å². The Morgan fingerprint density at radius 2 is 2.18 bits per heavy atom. The Balaban J connectivity index is 1.90. The first-order chi connectivity index (χ1) is 10.5. The molecule has 3 rings (SSSR count). The second-order valence-electron chi connectivity index (χ2n) is 5.57. The molecule has 6 heteroatoms. The molecular weight excluding hydrogens is 300 g/mol. The van der Waals surface area contributed by atoms with Crippen LogP contribution < -0.4 is 0 Å². The maximum absolute atomic E-state index is 12.8. The third-order valence-electron chi connectivity index (χ3n) is 4.00. The molecule has 1 fully saturated rings. The van der Waals surface area contributed by atoms with Crippen LogP contribution in [0.25, 0.3) is 10.9 Å². The summed E-state index contributed by atoms with van der Waals surface area (Å²) in [7, 11) is -3.04. The molecule has 0 radical (unpaired) electrons. The minimum absolute atomic E-state index is 0.0345. The number of fused-ring (bicyclic) bond motifs is 1. The zero-order valence-electron chi connectivity index (χ0n) is 12.2. The van der Waals surface area contributed by atoms with Gasteiger partial charge >= 0.3 is 0 Å². The fourth-order valence-corrected chi connectivity index (χ4v) is 4.63. The number of aromatic nitrogens is 1. The van der Waals surface area contributed by atoms with Crippen LogP contribution in [0.3, 0.4) is 0 Å². The van der Waals surface area contributed by atoms with Gasteiger partial charge in [-0.05, 0) is 18.6 Å². The summed E-state index contributed by atoms with van der Waals surface area (Å²) in [5.41, 5.74) is 1.37. The molecule has 1 aliphatic heterocycles. The number of amides is 1. The van der Waals surface area contributed by atoms with Crippen molar-refractivity contribution in [3.63, 3.8) is 0 Å². The Bertz CT molecular complexity index is 790. The molecule has 116 valence electrons. The topological polar surface area (TPSA) is 70.2 Å². The van der Waals surface area contributed by atoms with Gasteiger partial charge < -0.3 is 9.88 Å². The maximum atomic E-state index is 12.8. The van der Waals surface area contributed by atoms with E-state index in [4.69, 9.17) is 0 Å². The number of rotatable bonds is 4. The standard InChI is InChI=1S/C16H18N2O3S/c1-2-8-18(13-7-9-22(20,21)11-13)16(19)15-10-12-5-3-4-6-14(12)17-15/h2-6,10,13,17H,1,7-9,11H2. The number of H-pyrrole nitrogens is 1. The number of carbonyl (C=O) groups excluding carboxylic acids is 1. The van der Waals surface area contributed by atoms with Crippen LogP contribution in [0.1, 0.15) is 16.9 Å². The third kappa shape index (κ3) is 2.78. The quantitative estimate of drug-likeness (QED) is 0.876. The maximum Gasteiger partial charge on any atom is 0.270 e. The van der Waals surface area contributed by atoms with Crippen molar-refractivity contribution in [2.24, 2.45) is 0 Å². The smallest absolute Gasteiger partial charge is 0.270 e. The molecule has 1 atom stereocenters. The predicted molar refractivity (Wildman–Crippen MR) is 86.6 cm³/mol. The largest absolute Gasteiger partial charge is 0.351 e. The van der Waals surface area contributed by atoms with E-state index in [2.05, 4.69) is 11.6 Å². The molecule has 0 saturated carbocycles. The minimum atomic E-state index is -3.04. The summed E-state index contributed by atoms with van der Waals surface area (Å²) in [5.74, 6) is -0.00355. The molecule has 22 heavy (non-hydrogen) atoms. The summed E-state index contributed by atoms with van der Waals surface area (Å²) >= 11 is 0. The molecule has 0 bridgehead atoms. The van der Waals surface area contributed by atoms with Crippen molar-refractivity contribution in [3.05, 3.63) is 48.7 Å². The fraction of sp³-hybridized carbons (Fsp3) is 0.312. The molecular formula is C16H18N2O3S. The molecule has 2 aromatic rings. The summed E-state index contributed by atoms with van der Waals surface area (Å²) in [6.07, 6.45) is 2.12. The van der Waals surface area contributed by atoms with Crippen molar-refractivity contribution in [2.45, 2.75) is 12.5 Å². The van der Waals surface area contributed by atoms with Crippen molar-refractivity contribution in [1.29, 1.82) is 0 Å². The normalized spacial score (nSPS) is 20.1. The van der Waals surface area contributed by atoms with Gasteiger partial charge in [-0.1, -0.05) is 24.3 Å². The van der Waals surface area contributed by atoms with E-state index < -0.39 is 9.84 Å². The fourth-order valence-electron chi connectivity index (χ4n) is 2.90. The average Bonchev–Trinajstić information content (AvgIpc) is 3.07. The highest BCUT2D eigenvalue weighted by atomic mass is 32.2. The molecule has 1 saturated heterocycles. The lowest BCUT2D eigenvalue weighted by atomic mass is 10.2. The number of hydrogen-bond acceptors (Lipinski definition) is 3. The molecule has 1 aromatic carbocycles. The van der Waals surface area contributed by atoms with Crippen LogP contribution in [-0.4, -0.2) is 48.3 Å². The van der Waals surface area contributed by atoms with E-state index in [0.717, 1.165) is 10.9 Å². The van der Waals surface area contributed by atoms with Gasteiger partial charge in [-0.2, -0.15) is 0 Å². The second-order valence-corrected chi connectivity index (χ2v) is 7.80. The number of aromatic amines is 1. The van der Waals surface area contributed by atoms with Crippen LogP contribution >= 0.6 is 0 Å². The van der Waals surface area contributed by atoms with Crippen LogP contribution in [0.5, 0.6) is 0 Å². The molecule has 0 spiro atoms. The van der Waals surface area contributed by atoms with Gasteiger partial charge in [0.05, 0.1) is 11.5 Å². The van der Waals surface area contributed by atoms with Gasteiger partial charge in [0.1, 0.15) is 5.69 Å². The van der Waals surface area contributed by atoms with Crippen LogP contribution in [-0.2, 0) is 9.84 Å². The van der Waals surface area contributed by atoms with Crippen molar-refractivity contribution < 1.29 is 13.2 Å². The number of sulfone groups is 1. The lowest BCUT2D eigenvalue weighted by Gasteiger charge is -2.26. The van der Waals surface area contributed by atoms with E-state index in [1.54, 1.807) is 17.0 Å². The van der Waals surface area contributed by atoms with Crippen molar-refractivity contribution in [3.8, 4) is 0 Å². The van der Waals surface area contributed by atoms with Gasteiger partial charge in [-0.15, -0.1) is 6.58 Å². The number of nitrogens with zero attached hydrogens (tertiary/aromatic N) is 1. The molecule has 1 unspecified atom stereocenters. The molecule has 2 heterocycles. The highest BCUT2D eigenvalue weighted by Gasteiger charge is 2.34. The van der Waals surface area contributed by atoms with E-state index in [9.17, 15) is 13.2 Å². The molecule has 1 N–H and O–H groups in total. The average molecular weight is 318 g/mol. The first-order valence-corrected chi connectivity index (χ1v) is 9.02. The molecule has 5 nitrogen and oxygen atoms in total. The van der Waals surface area contributed by atoms with Gasteiger partial charge in [0.15, 0.2) is 9.84 Å². The molecule has 1 aliphatic rings. The van der Waals surface area contributed by atoms with Gasteiger partial charge in [-0.25, -0.2) is 8.42 Å². The summed E-state index contributed by atoms with van der Waals surface area (Å²) < 4.78 is 23.4. The Hall–Kier alpha value is -2.08. The summed E-state index contributed by atoms with van der Waals surface area (Å²) in [6, 6.07) is 9.18. The van der Waals surface area contributed by atoms with Crippen LogP contribution in [0.4, 0.5) is 0 Å². The zero-order valence-corrected chi connectivity index (χ0v) is 13.0. The number of carbonyl (C=O) groups is 1. The van der Waals surface area contributed by atoms with Crippen molar-refractivity contribution in [1.82, 2.24) is 9.88 Å². The Kier molecular flexibility index (Phi) is 3.78. The lowest BCUT2D eigenvalue weighted by molar-refractivity contribution is 0.0715. The van der Waals surface area contributed by atoms with Gasteiger partial charge in [0, 0.05) is 23.5 Å². The number of benzene rings is 1. The number of para-hydroxylation sites is 1. The molecule has 1 aromatic heterocycles. The SMILES string of the molecule is C=CCN(C(=O)c1cc2ccccc2[nH]1)C1CCS(=O)(=O)C1. The summed E-state index contributed by atoms with van der Waals surface area (Å²) in [6.45, 7) is 4.02. The van der Waals surface area contributed by atoms with Crippen LogP contribution in [0.2, 0.25) is 0 Å². The van der Waals surface area contributed by atoms with E-state index in [1.165, 1.54) is 0 Å². The first kappa shape index (κ1) is 14.8. The minimum Gasteiger partial charge on any atom is -0.351 e. The molecule has 0 aliphatic carbocycles. The summed E-state index contributed by atoms with van der Waals surface area (Å²) in [5, 5.41) is 0.962. The lowest BCUT2D eigenvalue weighted by Crippen LogP contribution is -2.41.